The Morgan fingerprint density at radius 2 is 1.73 bits per heavy atom. The third-order valence-electron chi connectivity index (χ3n) is 5.73. The molecule has 0 saturated heterocycles. The number of hydrazone groups is 1. The molecule has 0 aliphatic heterocycles. The zero-order chi connectivity index (χ0) is 31.7. The van der Waals surface area contributed by atoms with Gasteiger partial charge in [-0.05, 0) is 80.4 Å². The van der Waals surface area contributed by atoms with Crippen molar-refractivity contribution in [1.82, 2.24) is 20.2 Å². The van der Waals surface area contributed by atoms with Crippen LogP contribution in [0.3, 0.4) is 0 Å². The summed E-state index contributed by atoms with van der Waals surface area (Å²) in [6, 6.07) is 18.5. The normalized spacial score (nSPS) is 12.0. The fourth-order valence-electron chi connectivity index (χ4n) is 3.73. The average molecular weight is 627 g/mol. The largest absolute Gasteiger partial charge is 0.573 e. The number of nitrogens with one attached hydrogen (secondary N) is 1. The van der Waals surface area contributed by atoms with Gasteiger partial charge in [-0.25, -0.2) is 19.5 Å². The minimum absolute atomic E-state index is 0.0301. The standard InChI is InChI=1S/C30H29F3N6O4S/c1-19(2)42-29(40)41-18-44-28(36-26-20(3)6-5-7-21(26)4)37-35-16-22-8-10-23(11-9-22)27-34-17-39(38-27)24-12-14-25(15-13-24)43-30(31,32)33/h5-17,19H,18H2,1-4H3,(H,36,37)/b35-16-. The Balaban J connectivity index is 1.41. The number of hydrogen-bond donors (Lipinski definition) is 1. The van der Waals surface area contributed by atoms with Gasteiger partial charge in [0.15, 0.2) is 11.0 Å². The summed E-state index contributed by atoms with van der Waals surface area (Å²) in [5.74, 6) is 0.0745. The van der Waals surface area contributed by atoms with Crippen molar-refractivity contribution >= 4 is 35.0 Å². The van der Waals surface area contributed by atoms with Gasteiger partial charge in [0, 0.05) is 5.56 Å². The molecule has 0 radical (unpaired) electrons. The van der Waals surface area contributed by atoms with E-state index in [0.29, 0.717) is 16.7 Å². The smallest absolute Gasteiger partial charge is 0.432 e. The topological polar surface area (TPSA) is 112 Å². The van der Waals surface area contributed by atoms with Crippen molar-refractivity contribution in [3.05, 3.63) is 89.7 Å². The Bertz CT molecular complexity index is 1600. The monoisotopic (exact) mass is 626 g/mol. The second-order valence-electron chi connectivity index (χ2n) is 9.53. The molecule has 4 aromatic rings. The summed E-state index contributed by atoms with van der Waals surface area (Å²) in [6.07, 6.45) is -2.75. The predicted octanol–water partition coefficient (Wildman–Crippen LogP) is 7.31. The second kappa shape index (κ2) is 14.6. The summed E-state index contributed by atoms with van der Waals surface area (Å²) in [5.41, 5.74) is 7.68. The number of aliphatic imine (C=N–C) groups is 1. The average Bonchev–Trinajstić information content (AvgIpc) is 3.45. The molecule has 0 spiro atoms. The van der Waals surface area contributed by atoms with E-state index in [1.165, 1.54) is 35.3 Å². The summed E-state index contributed by atoms with van der Waals surface area (Å²) in [4.78, 5) is 20.8. The third-order valence-corrected chi connectivity index (χ3v) is 6.42. The molecule has 14 heteroatoms. The molecule has 10 nitrogen and oxygen atoms in total. The minimum Gasteiger partial charge on any atom is -0.432 e. The van der Waals surface area contributed by atoms with Crippen molar-refractivity contribution in [2.75, 3.05) is 5.94 Å². The number of para-hydroxylation sites is 1. The van der Waals surface area contributed by atoms with Crippen LogP contribution in [0, 0.1) is 13.8 Å². The Kier molecular flexibility index (Phi) is 10.6. The van der Waals surface area contributed by atoms with Crippen LogP contribution < -0.4 is 10.2 Å². The summed E-state index contributed by atoms with van der Waals surface area (Å²) >= 11 is 1.15. The lowest BCUT2D eigenvalue weighted by atomic mass is 10.1. The molecule has 0 aliphatic carbocycles. The predicted molar refractivity (Wildman–Crippen MR) is 162 cm³/mol. The lowest BCUT2D eigenvalue weighted by Crippen LogP contribution is -2.17. The highest BCUT2D eigenvalue weighted by atomic mass is 32.2. The highest BCUT2D eigenvalue weighted by Crippen LogP contribution is 2.25. The van der Waals surface area contributed by atoms with E-state index in [-0.39, 0.29) is 17.8 Å². The van der Waals surface area contributed by atoms with Gasteiger partial charge in [-0.2, -0.15) is 5.10 Å². The number of halogens is 3. The van der Waals surface area contributed by atoms with Gasteiger partial charge < -0.3 is 14.2 Å². The number of amidine groups is 1. The molecule has 0 amide bonds. The van der Waals surface area contributed by atoms with Gasteiger partial charge in [0.05, 0.1) is 23.7 Å². The molecular weight excluding hydrogens is 597 g/mol. The number of carbonyl (C=O) groups excluding carboxylic acids is 1. The molecule has 1 aromatic heterocycles. The first-order chi connectivity index (χ1) is 21.0. The number of aromatic nitrogens is 3. The Hall–Kier alpha value is -4.85. The maximum absolute atomic E-state index is 12.4. The van der Waals surface area contributed by atoms with Crippen LogP contribution in [0.2, 0.25) is 0 Å². The molecule has 230 valence electrons. The van der Waals surface area contributed by atoms with Crippen molar-refractivity contribution < 1.29 is 32.2 Å². The first-order valence-corrected chi connectivity index (χ1v) is 14.2. The maximum Gasteiger partial charge on any atom is 0.573 e. The van der Waals surface area contributed by atoms with E-state index in [9.17, 15) is 18.0 Å². The van der Waals surface area contributed by atoms with Crippen molar-refractivity contribution in [2.45, 2.75) is 40.2 Å². The quantitative estimate of drug-likeness (QED) is 0.0677. The first-order valence-electron chi connectivity index (χ1n) is 13.3. The molecule has 3 aromatic carbocycles. The van der Waals surface area contributed by atoms with E-state index in [1.807, 2.05) is 56.3 Å². The minimum atomic E-state index is -4.76. The van der Waals surface area contributed by atoms with Crippen LogP contribution >= 0.6 is 11.8 Å². The summed E-state index contributed by atoms with van der Waals surface area (Å²) in [5, 5.41) is 9.14. The van der Waals surface area contributed by atoms with E-state index in [1.54, 1.807) is 20.1 Å². The van der Waals surface area contributed by atoms with Crippen molar-refractivity contribution in [1.29, 1.82) is 0 Å². The Morgan fingerprint density at radius 1 is 1.05 bits per heavy atom. The molecular formula is C30H29F3N6O4S. The van der Waals surface area contributed by atoms with Gasteiger partial charge in [-0.1, -0.05) is 42.5 Å². The van der Waals surface area contributed by atoms with Crippen molar-refractivity contribution in [3.8, 4) is 22.8 Å². The number of alkyl halides is 3. The number of thioether (sulfide) groups is 1. The fraction of sp³-hybridized carbons (Fsp3) is 0.233. The molecule has 1 heterocycles. The molecule has 0 fully saturated rings. The first kappa shape index (κ1) is 32.1. The van der Waals surface area contributed by atoms with Crippen LogP contribution in [0.15, 0.2) is 83.2 Å². The lowest BCUT2D eigenvalue weighted by molar-refractivity contribution is -0.274. The number of nitrogens with zero attached hydrogens (tertiary/aromatic N) is 5. The molecule has 4 rings (SSSR count). The summed E-state index contributed by atoms with van der Waals surface area (Å²) in [7, 11) is 0. The number of carbonyl (C=O) groups is 1. The Morgan fingerprint density at radius 3 is 2.36 bits per heavy atom. The summed E-state index contributed by atoms with van der Waals surface area (Å²) in [6.45, 7) is 7.38. The van der Waals surface area contributed by atoms with E-state index in [0.717, 1.165) is 39.7 Å². The third kappa shape index (κ3) is 9.59. The number of hydrogen-bond acceptors (Lipinski definition) is 9. The maximum atomic E-state index is 12.4. The molecule has 0 aliphatic rings. The molecule has 0 bridgehead atoms. The van der Waals surface area contributed by atoms with Crippen molar-refractivity contribution in [2.24, 2.45) is 10.1 Å². The van der Waals surface area contributed by atoms with E-state index >= 15 is 0 Å². The number of benzene rings is 3. The molecule has 0 unspecified atom stereocenters. The highest BCUT2D eigenvalue weighted by Gasteiger charge is 2.31. The van der Waals surface area contributed by atoms with E-state index < -0.39 is 12.5 Å². The van der Waals surface area contributed by atoms with E-state index in [4.69, 9.17) is 14.5 Å². The van der Waals surface area contributed by atoms with Gasteiger partial charge in [-0.3, -0.25) is 5.43 Å². The Labute approximate surface area is 256 Å². The van der Waals surface area contributed by atoms with Gasteiger partial charge in [0.2, 0.25) is 0 Å². The molecule has 1 N–H and O–H groups in total. The second-order valence-corrected chi connectivity index (χ2v) is 10.4. The number of aryl methyl sites for hydroxylation is 2. The van der Waals surface area contributed by atoms with Gasteiger partial charge in [0.1, 0.15) is 18.0 Å². The SMILES string of the molecule is Cc1cccc(C)c1N=C(N/N=C\c1ccc(-c2ncn(-c3ccc(OC(F)(F)F)cc3)n2)cc1)SCOC(=O)OC(C)C. The summed E-state index contributed by atoms with van der Waals surface area (Å²) < 4.78 is 52.7. The van der Waals surface area contributed by atoms with Crippen LogP contribution in [0.1, 0.15) is 30.5 Å². The fourth-order valence-corrected chi connectivity index (χ4v) is 4.27. The van der Waals surface area contributed by atoms with Crippen LogP contribution in [0.4, 0.5) is 23.7 Å². The zero-order valence-corrected chi connectivity index (χ0v) is 25.0. The number of rotatable bonds is 9. The van der Waals surface area contributed by atoms with Gasteiger partial charge in [0.25, 0.3) is 0 Å². The number of ether oxygens (including phenoxy) is 3. The molecule has 44 heavy (non-hydrogen) atoms. The van der Waals surface area contributed by atoms with Crippen LogP contribution in [-0.2, 0) is 9.47 Å². The van der Waals surface area contributed by atoms with Gasteiger partial charge >= 0.3 is 12.5 Å². The highest BCUT2D eigenvalue weighted by molar-refractivity contribution is 8.13. The van der Waals surface area contributed by atoms with Gasteiger partial charge in [-0.15, -0.1) is 18.3 Å². The van der Waals surface area contributed by atoms with Crippen molar-refractivity contribution in [3.63, 3.8) is 0 Å². The molecule has 0 saturated carbocycles. The zero-order valence-electron chi connectivity index (χ0n) is 24.2. The van der Waals surface area contributed by atoms with E-state index in [2.05, 4.69) is 25.3 Å². The molecule has 0 atom stereocenters. The van der Waals surface area contributed by atoms with Crippen LogP contribution in [-0.4, -0.2) is 50.7 Å². The van der Waals surface area contributed by atoms with Crippen LogP contribution in [0.25, 0.3) is 17.1 Å². The lowest BCUT2D eigenvalue weighted by Gasteiger charge is -2.10. The van der Waals surface area contributed by atoms with Crippen LogP contribution in [0.5, 0.6) is 5.75 Å².